The van der Waals surface area contributed by atoms with Gasteiger partial charge in [-0.25, -0.2) is 0 Å². The molecule has 2 aromatic rings. The molecule has 0 saturated heterocycles. The minimum Gasteiger partial charge on any atom is -0.497 e. The fraction of sp³-hybridized carbons (Fsp3) is 0.333. The van der Waals surface area contributed by atoms with Gasteiger partial charge in [-0.3, -0.25) is 0 Å². The molecule has 0 saturated carbocycles. The van der Waals surface area contributed by atoms with Gasteiger partial charge in [0, 0.05) is 17.0 Å². The maximum absolute atomic E-state index is 5.97. The van der Waals surface area contributed by atoms with E-state index in [1.54, 1.807) is 18.4 Å². The van der Waals surface area contributed by atoms with E-state index in [1.807, 2.05) is 18.2 Å². The van der Waals surface area contributed by atoms with Crippen molar-refractivity contribution >= 4 is 22.9 Å². The van der Waals surface area contributed by atoms with Crippen LogP contribution in [0.5, 0.6) is 5.75 Å². The summed E-state index contributed by atoms with van der Waals surface area (Å²) in [4.78, 5) is 1.25. The second kappa shape index (κ2) is 6.42. The Morgan fingerprint density at radius 2 is 1.95 bits per heavy atom. The Morgan fingerprint density at radius 1 is 1.16 bits per heavy atom. The van der Waals surface area contributed by atoms with Gasteiger partial charge < -0.3 is 10.1 Å². The summed E-state index contributed by atoms with van der Waals surface area (Å²) >= 11 is 7.59. The van der Waals surface area contributed by atoms with E-state index in [4.69, 9.17) is 16.3 Å². The highest BCUT2D eigenvalue weighted by Crippen LogP contribution is 2.29. The molecule has 0 aliphatic carbocycles. The molecule has 2 nitrogen and oxygen atoms in total. The molecule has 19 heavy (non-hydrogen) atoms. The molecule has 2 rings (SSSR count). The third-order valence-corrected chi connectivity index (χ3v) is 4.53. The molecule has 0 aliphatic heterocycles. The summed E-state index contributed by atoms with van der Waals surface area (Å²) in [5, 5.41) is 3.57. The van der Waals surface area contributed by atoms with Gasteiger partial charge in [-0.2, -0.15) is 0 Å². The van der Waals surface area contributed by atoms with Crippen molar-refractivity contribution in [2.75, 3.05) is 7.11 Å². The number of rotatable bonds is 5. The molecular weight excluding hydrogens is 278 g/mol. The van der Waals surface area contributed by atoms with Crippen molar-refractivity contribution in [3.8, 4) is 5.75 Å². The van der Waals surface area contributed by atoms with E-state index >= 15 is 0 Å². The predicted octanol–water partition coefficient (Wildman–Crippen LogP) is 4.82. The Labute approximate surface area is 123 Å². The maximum Gasteiger partial charge on any atom is 0.119 e. The van der Waals surface area contributed by atoms with Gasteiger partial charge in [-0.1, -0.05) is 23.7 Å². The number of hydrogen-bond acceptors (Lipinski definition) is 3. The monoisotopic (exact) mass is 295 g/mol. The summed E-state index contributed by atoms with van der Waals surface area (Å²) in [6.07, 6.45) is 0. The van der Waals surface area contributed by atoms with Crippen LogP contribution in [-0.4, -0.2) is 7.11 Å². The smallest absolute Gasteiger partial charge is 0.119 e. The molecule has 2 atom stereocenters. The summed E-state index contributed by atoms with van der Waals surface area (Å²) < 4.78 is 6.09. The van der Waals surface area contributed by atoms with Gasteiger partial charge in [-0.05, 0) is 43.7 Å². The van der Waals surface area contributed by atoms with E-state index in [1.165, 1.54) is 10.4 Å². The zero-order valence-corrected chi connectivity index (χ0v) is 12.9. The zero-order chi connectivity index (χ0) is 13.8. The van der Waals surface area contributed by atoms with Crippen molar-refractivity contribution in [1.82, 2.24) is 5.32 Å². The number of methoxy groups -OCH3 is 1. The first kappa shape index (κ1) is 14.4. The van der Waals surface area contributed by atoms with Crippen molar-refractivity contribution in [2.45, 2.75) is 25.9 Å². The molecule has 0 aliphatic rings. The van der Waals surface area contributed by atoms with Crippen LogP contribution in [0, 0.1) is 0 Å². The number of nitrogens with one attached hydrogen (secondary N) is 1. The van der Waals surface area contributed by atoms with Crippen LogP contribution in [0.2, 0.25) is 4.34 Å². The Kier molecular flexibility index (Phi) is 4.86. The molecule has 0 bridgehead atoms. The molecule has 102 valence electrons. The largest absolute Gasteiger partial charge is 0.497 e. The highest BCUT2D eigenvalue weighted by Gasteiger charge is 2.13. The Morgan fingerprint density at radius 3 is 2.58 bits per heavy atom. The molecule has 0 fully saturated rings. The molecule has 1 heterocycles. The van der Waals surface area contributed by atoms with Crippen LogP contribution >= 0.6 is 22.9 Å². The molecule has 0 radical (unpaired) electrons. The van der Waals surface area contributed by atoms with Crippen LogP contribution in [0.15, 0.2) is 36.4 Å². The van der Waals surface area contributed by atoms with Crippen molar-refractivity contribution in [2.24, 2.45) is 0 Å². The SMILES string of the molecule is COc1cccc(C(C)NC(C)c2ccc(Cl)s2)c1. The zero-order valence-electron chi connectivity index (χ0n) is 11.3. The topological polar surface area (TPSA) is 21.3 Å². The minimum absolute atomic E-state index is 0.256. The van der Waals surface area contributed by atoms with Gasteiger partial charge in [0.2, 0.25) is 0 Å². The van der Waals surface area contributed by atoms with E-state index in [9.17, 15) is 0 Å². The summed E-state index contributed by atoms with van der Waals surface area (Å²) in [6, 6.07) is 12.7. The minimum atomic E-state index is 0.256. The lowest BCUT2D eigenvalue weighted by molar-refractivity contribution is 0.412. The normalized spacial score (nSPS) is 14.1. The maximum atomic E-state index is 5.97. The van der Waals surface area contributed by atoms with E-state index in [2.05, 4.69) is 37.4 Å². The van der Waals surface area contributed by atoms with Gasteiger partial charge in [0.1, 0.15) is 5.75 Å². The first-order valence-corrected chi connectivity index (χ1v) is 7.45. The van der Waals surface area contributed by atoms with Crippen LogP contribution in [0.3, 0.4) is 0 Å². The van der Waals surface area contributed by atoms with E-state index in [-0.39, 0.29) is 12.1 Å². The number of hydrogen-bond donors (Lipinski definition) is 1. The van der Waals surface area contributed by atoms with Gasteiger partial charge in [-0.15, -0.1) is 11.3 Å². The molecule has 2 unspecified atom stereocenters. The summed E-state index contributed by atoms with van der Waals surface area (Å²) in [6.45, 7) is 4.30. The lowest BCUT2D eigenvalue weighted by Crippen LogP contribution is -2.21. The fourth-order valence-corrected chi connectivity index (χ4v) is 3.10. The third kappa shape index (κ3) is 3.72. The Balaban J connectivity index is 2.05. The highest BCUT2D eigenvalue weighted by atomic mass is 35.5. The third-order valence-electron chi connectivity index (χ3n) is 3.11. The summed E-state index contributed by atoms with van der Waals surface area (Å²) in [5.74, 6) is 0.887. The lowest BCUT2D eigenvalue weighted by atomic mass is 10.1. The van der Waals surface area contributed by atoms with E-state index in [0.29, 0.717) is 0 Å². The number of benzene rings is 1. The first-order valence-electron chi connectivity index (χ1n) is 6.25. The van der Waals surface area contributed by atoms with Gasteiger partial charge in [0.05, 0.1) is 11.4 Å². The van der Waals surface area contributed by atoms with Crippen molar-refractivity contribution < 1.29 is 4.74 Å². The molecule has 1 N–H and O–H groups in total. The second-order valence-electron chi connectivity index (χ2n) is 4.53. The average Bonchev–Trinajstić information content (AvgIpc) is 2.85. The quantitative estimate of drug-likeness (QED) is 0.853. The summed E-state index contributed by atoms with van der Waals surface area (Å²) in [7, 11) is 1.69. The van der Waals surface area contributed by atoms with Crippen molar-refractivity contribution in [3.63, 3.8) is 0 Å². The Hall–Kier alpha value is -1.03. The van der Waals surface area contributed by atoms with E-state index < -0.39 is 0 Å². The molecule has 1 aromatic heterocycles. The van der Waals surface area contributed by atoms with Crippen LogP contribution < -0.4 is 10.1 Å². The fourth-order valence-electron chi connectivity index (χ4n) is 2.03. The van der Waals surface area contributed by atoms with Crippen LogP contribution in [0.4, 0.5) is 0 Å². The van der Waals surface area contributed by atoms with Crippen molar-refractivity contribution in [3.05, 3.63) is 51.2 Å². The lowest BCUT2D eigenvalue weighted by Gasteiger charge is -2.20. The van der Waals surface area contributed by atoms with Gasteiger partial charge >= 0.3 is 0 Å². The highest BCUT2D eigenvalue weighted by molar-refractivity contribution is 7.16. The standard InChI is InChI=1S/C15H18ClNOS/c1-10(12-5-4-6-13(9-12)18-3)17-11(2)14-7-8-15(16)19-14/h4-11,17H,1-3H3. The van der Waals surface area contributed by atoms with Gasteiger partial charge in [0.25, 0.3) is 0 Å². The van der Waals surface area contributed by atoms with Crippen LogP contribution in [0.1, 0.15) is 36.4 Å². The molecule has 4 heteroatoms. The second-order valence-corrected chi connectivity index (χ2v) is 6.28. The van der Waals surface area contributed by atoms with Crippen LogP contribution in [0.25, 0.3) is 0 Å². The predicted molar refractivity (Wildman–Crippen MR) is 82.3 cm³/mol. The number of halogens is 1. The van der Waals surface area contributed by atoms with Crippen LogP contribution in [-0.2, 0) is 0 Å². The van der Waals surface area contributed by atoms with Crippen molar-refractivity contribution in [1.29, 1.82) is 0 Å². The molecule has 0 amide bonds. The van der Waals surface area contributed by atoms with E-state index in [0.717, 1.165) is 10.1 Å². The number of thiophene rings is 1. The Bertz CT molecular complexity index is 540. The number of ether oxygens (including phenoxy) is 1. The molecule has 1 aromatic carbocycles. The molecular formula is C15H18ClNOS. The molecule has 0 spiro atoms. The first-order chi connectivity index (χ1) is 9.10. The average molecular weight is 296 g/mol. The van der Waals surface area contributed by atoms with Gasteiger partial charge in [0.15, 0.2) is 0 Å². The summed E-state index contributed by atoms with van der Waals surface area (Å²) in [5.41, 5.74) is 1.22.